The zero-order valence-corrected chi connectivity index (χ0v) is 12.2. The van der Waals surface area contributed by atoms with Crippen molar-refractivity contribution in [2.75, 3.05) is 11.9 Å². The van der Waals surface area contributed by atoms with E-state index in [1.807, 2.05) is 18.2 Å². The van der Waals surface area contributed by atoms with E-state index in [-0.39, 0.29) is 10.6 Å². The molecule has 108 valence electrons. The average Bonchev–Trinajstić information content (AvgIpc) is 2.52. The van der Waals surface area contributed by atoms with Gasteiger partial charge in [0.2, 0.25) is 0 Å². The van der Waals surface area contributed by atoms with Gasteiger partial charge in [0.25, 0.3) is 5.56 Å². The molecule has 0 atom stereocenters. The molecule has 0 spiro atoms. The number of hydrogen-bond acceptors (Lipinski definition) is 4. The van der Waals surface area contributed by atoms with Crippen LogP contribution in [0.5, 0.6) is 0 Å². The van der Waals surface area contributed by atoms with E-state index in [2.05, 4.69) is 16.5 Å². The summed E-state index contributed by atoms with van der Waals surface area (Å²) in [5.41, 5.74) is 0.834. The predicted octanol–water partition coefficient (Wildman–Crippen LogP) is 2.99. The van der Waals surface area contributed by atoms with Crippen molar-refractivity contribution in [3.05, 3.63) is 51.9 Å². The first-order valence-corrected chi connectivity index (χ1v) is 7.06. The lowest BCUT2D eigenvalue weighted by Gasteiger charge is -2.09. The molecular formula is C15H15ClN4O. The van der Waals surface area contributed by atoms with Crippen molar-refractivity contribution in [2.24, 2.45) is 0 Å². The van der Waals surface area contributed by atoms with Crippen molar-refractivity contribution in [1.29, 1.82) is 5.26 Å². The van der Waals surface area contributed by atoms with Crippen molar-refractivity contribution < 1.29 is 0 Å². The maximum Gasteiger partial charge on any atom is 0.292 e. The Labute approximate surface area is 127 Å². The molecule has 2 aromatic rings. The van der Waals surface area contributed by atoms with Gasteiger partial charge in [0.15, 0.2) is 0 Å². The number of para-hydroxylation sites is 1. The van der Waals surface area contributed by atoms with E-state index in [1.54, 1.807) is 18.3 Å². The van der Waals surface area contributed by atoms with Crippen LogP contribution in [0.2, 0.25) is 5.02 Å². The SMILES string of the molecule is N#CCCCCNc1cnn(-c2ccccc2)c(=O)c1Cl. The summed E-state index contributed by atoms with van der Waals surface area (Å²) in [6.07, 6.45) is 3.73. The molecule has 0 amide bonds. The van der Waals surface area contributed by atoms with Crippen LogP contribution in [0.15, 0.2) is 41.3 Å². The van der Waals surface area contributed by atoms with Gasteiger partial charge in [0.05, 0.1) is 23.6 Å². The van der Waals surface area contributed by atoms with Crippen LogP contribution in [0.3, 0.4) is 0 Å². The van der Waals surface area contributed by atoms with Crippen LogP contribution in [0.1, 0.15) is 19.3 Å². The number of rotatable bonds is 6. The number of nitrogens with zero attached hydrogens (tertiary/aromatic N) is 3. The Balaban J connectivity index is 2.12. The minimum absolute atomic E-state index is 0.120. The Morgan fingerprint density at radius 2 is 2.05 bits per heavy atom. The summed E-state index contributed by atoms with van der Waals surface area (Å²) in [7, 11) is 0. The highest BCUT2D eigenvalue weighted by Gasteiger charge is 2.09. The standard InChI is InChI=1S/C15H15ClN4O/c16-14-13(18-10-6-2-5-9-17)11-19-20(15(14)21)12-7-3-1-4-8-12/h1,3-4,7-8,11,18H,2,5-6,10H2. The summed E-state index contributed by atoms with van der Waals surface area (Å²) in [5.74, 6) is 0. The van der Waals surface area contributed by atoms with Crippen molar-refractivity contribution in [3.8, 4) is 11.8 Å². The van der Waals surface area contributed by atoms with Gasteiger partial charge >= 0.3 is 0 Å². The van der Waals surface area contributed by atoms with E-state index in [0.29, 0.717) is 24.3 Å². The Hall–Kier alpha value is -2.32. The third-order valence-electron chi connectivity index (χ3n) is 2.95. The van der Waals surface area contributed by atoms with Crippen molar-refractivity contribution in [3.63, 3.8) is 0 Å². The lowest BCUT2D eigenvalue weighted by atomic mass is 10.2. The number of unbranched alkanes of at least 4 members (excludes halogenated alkanes) is 2. The smallest absolute Gasteiger partial charge is 0.292 e. The Morgan fingerprint density at radius 3 is 2.76 bits per heavy atom. The summed E-state index contributed by atoms with van der Waals surface area (Å²) >= 11 is 6.10. The van der Waals surface area contributed by atoms with Crippen LogP contribution in [0.25, 0.3) is 5.69 Å². The van der Waals surface area contributed by atoms with Gasteiger partial charge in [-0.25, -0.2) is 0 Å². The molecule has 0 fully saturated rings. The molecule has 0 aliphatic carbocycles. The third kappa shape index (κ3) is 3.83. The first kappa shape index (κ1) is 15.1. The molecule has 1 aromatic heterocycles. The molecule has 21 heavy (non-hydrogen) atoms. The molecule has 0 bridgehead atoms. The van der Waals surface area contributed by atoms with E-state index in [9.17, 15) is 4.79 Å². The quantitative estimate of drug-likeness (QED) is 0.833. The number of aromatic nitrogens is 2. The largest absolute Gasteiger partial charge is 0.382 e. The molecule has 0 aliphatic rings. The molecule has 1 heterocycles. The van der Waals surface area contributed by atoms with Gasteiger partial charge in [-0.1, -0.05) is 29.8 Å². The predicted molar refractivity (Wildman–Crippen MR) is 82.8 cm³/mol. The Kier molecular flexibility index (Phi) is 5.35. The Morgan fingerprint density at radius 1 is 1.29 bits per heavy atom. The van der Waals surface area contributed by atoms with E-state index in [1.165, 1.54) is 4.68 Å². The summed E-state index contributed by atoms with van der Waals surface area (Å²) in [6.45, 7) is 0.651. The first-order valence-electron chi connectivity index (χ1n) is 6.68. The number of hydrogen-bond donors (Lipinski definition) is 1. The van der Waals surface area contributed by atoms with Crippen molar-refractivity contribution >= 4 is 17.3 Å². The maximum absolute atomic E-state index is 12.2. The summed E-state index contributed by atoms with van der Waals surface area (Å²) < 4.78 is 1.27. The molecule has 0 saturated heterocycles. The highest BCUT2D eigenvalue weighted by Crippen LogP contribution is 2.16. The molecular weight excluding hydrogens is 288 g/mol. The molecule has 0 unspecified atom stereocenters. The maximum atomic E-state index is 12.2. The van der Waals surface area contributed by atoms with Gasteiger partial charge in [-0.2, -0.15) is 15.0 Å². The summed E-state index contributed by atoms with van der Waals surface area (Å²) in [5, 5.41) is 15.8. The lowest BCUT2D eigenvalue weighted by Crippen LogP contribution is -2.22. The second-order valence-corrected chi connectivity index (χ2v) is 4.84. The van der Waals surface area contributed by atoms with E-state index in [0.717, 1.165) is 12.8 Å². The number of nitrogens with one attached hydrogen (secondary N) is 1. The van der Waals surface area contributed by atoms with Crippen molar-refractivity contribution in [1.82, 2.24) is 9.78 Å². The van der Waals surface area contributed by atoms with Crippen LogP contribution >= 0.6 is 11.6 Å². The van der Waals surface area contributed by atoms with Gasteiger partial charge in [0, 0.05) is 13.0 Å². The molecule has 1 aromatic carbocycles. The molecule has 0 aliphatic heterocycles. The normalized spacial score (nSPS) is 10.1. The summed E-state index contributed by atoms with van der Waals surface area (Å²) in [4.78, 5) is 12.2. The molecule has 1 N–H and O–H groups in total. The van der Waals surface area contributed by atoms with Crippen LogP contribution in [-0.2, 0) is 0 Å². The fourth-order valence-corrected chi connectivity index (χ4v) is 2.06. The van der Waals surface area contributed by atoms with Crippen LogP contribution in [0, 0.1) is 11.3 Å². The van der Waals surface area contributed by atoms with Gasteiger partial charge in [-0.3, -0.25) is 4.79 Å². The van der Waals surface area contributed by atoms with Gasteiger partial charge < -0.3 is 5.32 Å². The van der Waals surface area contributed by atoms with Gasteiger partial charge in [0.1, 0.15) is 5.02 Å². The second-order valence-electron chi connectivity index (χ2n) is 4.47. The van der Waals surface area contributed by atoms with Crippen LogP contribution in [-0.4, -0.2) is 16.3 Å². The Bertz CT molecular complexity index is 691. The molecule has 0 radical (unpaired) electrons. The number of halogens is 1. The highest BCUT2D eigenvalue weighted by atomic mass is 35.5. The zero-order chi connectivity index (χ0) is 15.1. The van der Waals surface area contributed by atoms with E-state index in [4.69, 9.17) is 16.9 Å². The highest BCUT2D eigenvalue weighted by molar-refractivity contribution is 6.32. The fraction of sp³-hybridized carbons (Fsp3) is 0.267. The molecule has 5 nitrogen and oxygen atoms in total. The second kappa shape index (κ2) is 7.46. The fourth-order valence-electron chi connectivity index (χ4n) is 1.86. The minimum Gasteiger partial charge on any atom is -0.382 e. The molecule has 2 rings (SSSR count). The minimum atomic E-state index is -0.357. The van der Waals surface area contributed by atoms with E-state index >= 15 is 0 Å². The molecule has 0 saturated carbocycles. The third-order valence-corrected chi connectivity index (χ3v) is 3.32. The van der Waals surface area contributed by atoms with Crippen LogP contribution in [0.4, 0.5) is 5.69 Å². The average molecular weight is 303 g/mol. The summed E-state index contributed by atoms with van der Waals surface area (Å²) in [6, 6.07) is 11.2. The first-order chi connectivity index (χ1) is 10.2. The van der Waals surface area contributed by atoms with Crippen LogP contribution < -0.4 is 10.9 Å². The number of nitriles is 1. The monoisotopic (exact) mass is 302 g/mol. The van der Waals surface area contributed by atoms with Gasteiger partial charge in [-0.05, 0) is 25.0 Å². The van der Waals surface area contributed by atoms with Gasteiger partial charge in [-0.15, -0.1) is 0 Å². The topological polar surface area (TPSA) is 70.7 Å². The zero-order valence-electron chi connectivity index (χ0n) is 11.4. The molecule has 6 heteroatoms. The number of benzene rings is 1. The van der Waals surface area contributed by atoms with Crippen molar-refractivity contribution in [2.45, 2.75) is 19.3 Å². The van der Waals surface area contributed by atoms with E-state index < -0.39 is 0 Å². The number of anilines is 1. The lowest BCUT2D eigenvalue weighted by molar-refractivity contribution is 0.777.